The smallest absolute Gasteiger partial charge is 0.253 e. The van der Waals surface area contributed by atoms with Gasteiger partial charge >= 0.3 is 0 Å². The third-order valence-corrected chi connectivity index (χ3v) is 5.15. The first-order valence-electron chi connectivity index (χ1n) is 7.96. The SMILES string of the molecule is CCc1nc(CN2CCN(C(=O)c3ccc(N)cc3)CC2)cs1. The molecule has 2 heterocycles. The van der Waals surface area contributed by atoms with Crippen molar-refractivity contribution in [1.82, 2.24) is 14.8 Å². The molecule has 1 fully saturated rings. The van der Waals surface area contributed by atoms with Gasteiger partial charge in [0.2, 0.25) is 0 Å². The molecule has 23 heavy (non-hydrogen) atoms. The molecule has 0 atom stereocenters. The Morgan fingerprint density at radius 2 is 1.91 bits per heavy atom. The number of amides is 1. The van der Waals surface area contributed by atoms with Crippen molar-refractivity contribution in [2.75, 3.05) is 31.9 Å². The molecule has 2 N–H and O–H groups in total. The molecule has 1 aromatic heterocycles. The summed E-state index contributed by atoms with van der Waals surface area (Å²) in [6.07, 6.45) is 0.995. The van der Waals surface area contributed by atoms with Crippen LogP contribution >= 0.6 is 11.3 Å². The number of nitrogens with two attached hydrogens (primary N) is 1. The quantitative estimate of drug-likeness (QED) is 0.874. The fourth-order valence-corrected chi connectivity index (χ4v) is 3.47. The average Bonchev–Trinajstić information content (AvgIpc) is 3.03. The minimum absolute atomic E-state index is 0.0894. The van der Waals surface area contributed by atoms with Crippen LogP contribution in [0.5, 0.6) is 0 Å². The molecule has 0 saturated carbocycles. The normalized spacial score (nSPS) is 15.8. The summed E-state index contributed by atoms with van der Waals surface area (Å²) < 4.78 is 0. The first-order chi connectivity index (χ1) is 11.2. The minimum Gasteiger partial charge on any atom is -0.399 e. The molecule has 6 heteroatoms. The van der Waals surface area contributed by atoms with E-state index in [1.807, 2.05) is 4.90 Å². The van der Waals surface area contributed by atoms with Crippen molar-refractivity contribution >= 4 is 22.9 Å². The molecular weight excluding hydrogens is 308 g/mol. The van der Waals surface area contributed by atoms with Gasteiger partial charge in [-0.05, 0) is 30.7 Å². The molecule has 0 spiro atoms. The molecule has 0 unspecified atom stereocenters. The largest absolute Gasteiger partial charge is 0.399 e. The van der Waals surface area contributed by atoms with Gasteiger partial charge in [0, 0.05) is 49.4 Å². The number of nitrogen functional groups attached to an aromatic ring is 1. The van der Waals surface area contributed by atoms with Crippen LogP contribution in [0.1, 0.15) is 28.0 Å². The first kappa shape index (κ1) is 16.0. The van der Waals surface area contributed by atoms with Crippen molar-refractivity contribution in [2.45, 2.75) is 19.9 Å². The Morgan fingerprint density at radius 1 is 1.22 bits per heavy atom. The van der Waals surface area contributed by atoms with Crippen molar-refractivity contribution in [3.8, 4) is 0 Å². The molecule has 1 amide bonds. The fraction of sp³-hybridized carbons (Fsp3) is 0.412. The molecule has 3 rings (SSSR count). The Bertz CT molecular complexity index is 659. The monoisotopic (exact) mass is 330 g/mol. The van der Waals surface area contributed by atoms with Crippen LogP contribution in [-0.2, 0) is 13.0 Å². The number of hydrogen-bond donors (Lipinski definition) is 1. The number of anilines is 1. The molecule has 1 saturated heterocycles. The topological polar surface area (TPSA) is 62.5 Å². The van der Waals surface area contributed by atoms with Crippen LogP contribution in [0.3, 0.4) is 0 Å². The maximum atomic E-state index is 12.5. The van der Waals surface area contributed by atoms with Gasteiger partial charge in [0.15, 0.2) is 0 Å². The van der Waals surface area contributed by atoms with Crippen molar-refractivity contribution in [1.29, 1.82) is 0 Å². The number of aromatic nitrogens is 1. The third-order valence-electron chi connectivity index (χ3n) is 4.10. The number of carbonyl (C=O) groups is 1. The summed E-state index contributed by atoms with van der Waals surface area (Å²) >= 11 is 1.73. The van der Waals surface area contributed by atoms with Gasteiger partial charge in [-0.3, -0.25) is 9.69 Å². The Hall–Kier alpha value is -1.92. The highest BCUT2D eigenvalue weighted by Crippen LogP contribution is 2.15. The van der Waals surface area contributed by atoms with E-state index < -0.39 is 0 Å². The molecule has 0 bridgehead atoms. The van der Waals surface area contributed by atoms with E-state index >= 15 is 0 Å². The second-order valence-corrected chi connectivity index (χ2v) is 6.72. The van der Waals surface area contributed by atoms with Crippen LogP contribution < -0.4 is 5.73 Å². The highest BCUT2D eigenvalue weighted by Gasteiger charge is 2.22. The van der Waals surface area contributed by atoms with E-state index in [0.29, 0.717) is 11.3 Å². The second kappa shape index (κ2) is 7.10. The minimum atomic E-state index is 0.0894. The van der Waals surface area contributed by atoms with Gasteiger partial charge in [0.25, 0.3) is 5.91 Å². The molecule has 2 aromatic rings. The summed E-state index contributed by atoms with van der Waals surface area (Å²) in [6, 6.07) is 7.14. The molecule has 1 aromatic carbocycles. The fourth-order valence-electron chi connectivity index (χ4n) is 2.73. The van der Waals surface area contributed by atoms with Crippen LogP contribution in [0.2, 0.25) is 0 Å². The number of rotatable bonds is 4. The molecule has 1 aliphatic heterocycles. The Labute approximate surface area is 140 Å². The van der Waals surface area contributed by atoms with E-state index in [9.17, 15) is 4.79 Å². The number of thiazole rings is 1. The van der Waals surface area contributed by atoms with E-state index in [4.69, 9.17) is 5.73 Å². The highest BCUT2D eigenvalue weighted by molar-refractivity contribution is 7.09. The number of nitrogens with zero attached hydrogens (tertiary/aromatic N) is 3. The summed E-state index contributed by atoms with van der Waals surface area (Å²) in [4.78, 5) is 21.4. The van der Waals surface area contributed by atoms with Gasteiger partial charge < -0.3 is 10.6 Å². The van der Waals surface area contributed by atoms with Crippen LogP contribution in [-0.4, -0.2) is 46.9 Å². The van der Waals surface area contributed by atoms with Crippen molar-refractivity contribution in [2.24, 2.45) is 0 Å². The van der Waals surface area contributed by atoms with E-state index in [2.05, 4.69) is 22.2 Å². The zero-order valence-corrected chi connectivity index (χ0v) is 14.2. The first-order valence-corrected chi connectivity index (χ1v) is 8.84. The maximum absolute atomic E-state index is 12.5. The summed E-state index contributed by atoms with van der Waals surface area (Å²) in [5.74, 6) is 0.0894. The van der Waals surface area contributed by atoms with Crippen molar-refractivity contribution in [3.63, 3.8) is 0 Å². The number of piperazine rings is 1. The van der Waals surface area contributed by atoms with Crippen molar-refractivity contribution in [3.05, 3.63) is 45.9 Å². The summed E-state index contributed by atoms with van der Waals surface area (Å²) in [6.45, 7) is 6.30. The number of hydrogen-bond acceptors (Lipinski definition) is 5. The third kappa shape index (κ3) is 3.89. The predicted octanol–water partition coefficient (Wildman–Crippen LogP) is 2.25. The highest BCUT2D eigenvalue weighted by atomic mass is 32.1. The molecule has 122 valence electrons. The van der Waals surface area contributed by atoms with E-state index in [1.165, 1.54) is 5.01 Å². The predicted molar refractivity (Wildman–Crippen MR) is 93.5 cm³/mol. The lowest BCUT2D eigenvalue weighted by molar-refractivity contribution is 0.0627. The number of benzene rings is 1. The Balaban J connectivity index is 1.53. The summed E-state index contributed by atoms with van der Waals surface area (Å²) in [5, 5.41) is 3.34. The van der Waals surface area contributed by atoms with Gasteiger partial charge in [0.1, 0.15) is 0 Å². The Kier molecular flexibility index (Phi) is 4.93. The van der Waals surface area contributed by atoms with Gasteiger partial charge in [-0.15, -0.1) is 11.3 Å². The van der Waals surface area contributed by atoms with E-state index in [-0.39, 0.29) is 5.91 Å². The number of aryl methyl sites for hydroxylation is 1. The molecule has 5 nitrogen and oxygen atoms in total. The van der Waals surface area contributed by atoms with Crippen LogP contribution in [0, 0.1) is 0 Å². The Morgan fingerprint density at radius 3 is 2.52 bits per heavy atom. The molecule has 1 aliphatic rings. The lowest BCUT2D eigenvalue weighted by Crippen LogP contribution is -2.48. The van der Waals surface area contributed by atoms with Crippen LogP contribution in [0.4, 0.5) is 5.69 Å². The van der Waals surface area contributed by atoms with Gasteiger partial charge in [-0.2, -0.15) is 0 Å². The van der Waals surface area contributed by atoms with Crippen LogP contribution in [0.25, 0.3) is 0 Å². The average molecular weight is 330 g/mol. The lowest BCUT2D eigenvalue weighted by atomic mass is 10.1. The number of carbonyl (C=O) groups excluding carboxylic acids is 1. The van der Waals surface area contributed by atoms with Gasteiger partial charge in [-0.25, -0.2) is 4.98 Å². The standard InChI is InChI=1S/C17H22N4OS/c1-2-16-19-15(12-23-16)11-20-7-9-21(10-8-20)17(22)13-3-5-14(18)6-4-13/h3-6,12H,2,7-11,18H2,1H3. The van der Waals surface area contributed by atoms with Gasteiger partial charge in [0.05, 0.1) is 10.7 Å². The maximum Gasteiger partial charge on any atom is 0.253 e. The summed E-state index contributed by atoms with van der Waals surface area (Å²) in [5.41, 5.74) is 8.21. The molecule has 0 aliphatic carbocycles. The zero-order valence-electron chi connectivity index (χ0n) is 13.4. The zero-order chi connectivity index (χ0) is 16.2. The second-order valence-electron chi connectivity index (χ2n) is 5.78. The van der Waals surface area contributed by atoms with Crippen molar-refractivity contribution < 1.29 is 4.79 Å². The van der Waals surface area contributed by atoms with E-state index in [0.717, 1.165) is 44.8 Å². The lowest BCUT2D eigenvalue weighted by Gasteiger charge is -2.34. The van der Waals surface area contributed by atoms with Gasteiger partial charge in [-0.1, -0.05) is 6.92 Å². The molecular formula is C17H22N4OS. The summed E-state index contributed by atoms with van der Waals surface area (Å²) in [7, 11) is 0. The molecule has 0 radical (unpaired) electrons. The van der Waals surface area contributed by atoms with E-state index in [1.54, 1.807) is 35.6 Å². The van der Waals surface area contributed by atoms with Crippen LogP contribution in [0.15, 0.2) is 29.6 Å².